The molecule has 0 aromatic heterocycles. The highest BCUT2D eigenvalue weighted by Gasteiger charge is 2.35. The number of imide groups is 1. The fraction of sp³-hybridized carbons (Fsp3) is 0.158. The van der Waals surface area contributed by atoms with E-state index in [1.807, 2.05) is 0 Å². The number of carbonyl (C=O) groups excluding carboxylic acids is 2. The number of ether oxygens (including phenoxy) is 2. The van der Waals surface area contributed by atoms with Gasteiger partial charge in [0.25, 0.3) is 11.1 Å². The number of thioether (sulfide) groups is 1. The Balaban J connectivity index is 1.81. The first-order chi connectivity index (χ1) is 12.5. The third-order valence-corrected chi connectivity index (χ3v) is 4.99. The number of amides is 2. The van der Waals surface area contributed by atoms with Crippen molar-refractivity contribution in [3.8, 4) is 11.5 Å². The molecule has 2 aromatic rings. The third kappa shape index (κ3) is 3.86. The van der Waals surface area contributed by atoms with Gasteiger partial charge in [0.2, 0.25) is 0 Å². The molecule has 0 bridgehead atoms. The van der Waals surface area contributed by atoms with Crippen LogP contribution in [-0.2, 0) is 11.3 Å². The summed E-state index contributed by atoms with van der Waals surface area (Å²) < 4.78 is 10.5. The van der Waals surface area contributed by atoms with Crippen LogP contribution in [0.2, 0.25) is 5.02 Å². The molecule has 7 heteroatoms. The molecule has 134 valence electrons. The lowest BCUT2D eigenvalue weighted by Gasteiger charge is -2.12. The SMILES string of the molecule is COc1ccc(C=C2SC(=O)N(Cc3ccc(Cl)cc3)C2=O)cc1OC. The summed E-state index contributed by atoms with van der Waals surface area (Å²) in [6.45, 7) is 0.213. The average Bonchev–Trinajstić information content (AvgIpc) is 2.90. The zero-order valence-electron chi connectivity index (χ0n) is 14.2. The Labute approximate surface area is 160 Å². The van der Waals surface area contributed by atoms with Crippen molar-refractivity contribution < 1.29 is 19.1 Å². The zero-order chi connectivity index (χ0) is 18.7. The minimum atomic E-state index is -0.315. The van der Waals surface area contributed by atoms with Gasteiger partial charge in [-0.2, -0.15) is 0 Å². The Morgan fingerprint density at radius 3 is 2.38 bits per heavy atom. The van der Waals surface area contributed by atoms with Crippen LogP contribution in [0.15, 0.2) is 47.4 Å². The van der Waals surface area contributed by atoms with E-state index in [2.05, 4.69) is 0 Å². The smallest absolute Gasteiger partial charge is 0.293 e. The Hall–Kier alpha value is -2.44. The molecular formula is C19H16ClNO4S. The number of methoxy groups -OCH3 is 2. The normalized spacial score (nSPS) is 15.7. The molecule has 0 unspecified atom stereocenters. The van der Waals surface area contributed by atoms with Crippen molar-refractivity contribution in [2.24, 2.45) is 0 Å². The van der Waals surface area contributed by atoms with Gasteiger partial charge in [0.05, 0.1) is 25.7 Å². The van der Waals surface area contributed by atoms with Gasteiger partial charge in [-0.1, -0.05) is 29.8 Å². The van der Waals surface area contributed by atoms with Gasteiger partial charge in [0, 0.05) is 5.02 Å². The Bertz CT molecular complexity index is 880. The van der Waals surface area contributed by atoms with Crippen molar-refractivity contribution in [1.29, 1.82) is 0 Å². The zero-order valence-corrected chi connectivity index (χ0v) is 15.8. The summed E-state index contributed by atoms with van der Waals surface area (Å²) in [6, 6.07) is 12.4. The van der Waals surface area contributed by atoms with Gasteiger partial charge in [-0.15, -0.1) is 0 Å². The first-order valence-corrected chi connectivity index (χ1v) is 8.93. The van der Waals surface area contributed by atoms with E-state index in [0.717, 1.165) is 22.9 Å². The number of benzene rings is 2. The summed E-state index contributed by atoms with van der Waals surface area (Å²) in [4.78, 5) is 26.4. The fourth-order valence-corrected chi connectivity index (χ4v) is 3.47. The van der Waals surface area contributed by atoms with E-state index in [1.54, 1.807) is 62.8 Å². The Morgan fingerprint density at radius 1 is 1.04 bits per heavy atom. The van der Waals surface area contributed by atoms with Gasteiger partial charge < -0.3 is 9.47 Å². The minimum Gasteiger partial charge on any atom is -0.493 e. The number of nitrogens with zero attached hydrogens (tertiary/aromatic N) is 1. The van der Waals surface area contributed by atoms with Crippen molar-refractivity contribution in [2.75, 3.05) is 14.2 Å². The van der Waals surface area contributed by atoms with Crippen LogP contribution in [0.5, 0.6) is 11.5 Å². The second kappa shape index (κ2) is 7.85. The topological polar surface area (TPSA) is 55.8 Å². The molecule has 26 heavy (non-hydrogen) atoms. The van der Waals surface area contributed by atoms with Gasteiger partial charge in [-0.05, 0) is 53.2 Å². The van der Waals surface area contributed by atoms with Crippen molar-refractivity contribution in [2.45, 2.75) is 6.54 Å². The predicted molar refractivity (Wildman–Crippen MR) is 103 cm³/mol. The largest absolute Gasteiger partial charge is 0.493 e. The molecule has 1 fully saturated rings. The first kappa shape index (κ1) is 18.4. The van der Waals surface area contributed by atoms with E-state index in [-0.39, 0.29) is 17.7 Å². The van der Waals surface area contributed by atoms with E-state index in [9.17, 15) is 9.59 Å². The minimum absolute atomic E-state index is 0.213. The number of carbonyl (C=O) groups is 2. The molecule has 0 aliphatic carbocycles. The maximum atomic E-state index is 12.6. The summed E-state index contributed by atoms with van der Waals surface area (Å²) in [7, 11) is 3.10. The van der Waals surface area contributed by atoms with E-state index < -0.39 is 0 Å². The van der Waals surface area contributed by atoms with Gasteiger partial charge in [-0.25, -0.2) is 0 Å². The lowest BCUT2D eigenvalue weighted by molar-refractivity contribution is -0.123. The molecule has 0 spiro atoms. The summed E-state index contributed by atoms with van der Waals surface area (Å²) >= 11 is 6.79. The number of hydrogen-bond donors (Lipinski definition) is 0. The van der Waals surface area contributed by atoms with Gasteiger partial charge >= 0.3 is 0 Å². The number of rotatable bonds is 5. The molecule has 0 atom stereocenters. The molecule has 1 saturated heterocycles. The van der Waals surface area contributed by atoms with Crippen LogP contribution in [0.4, 0.5) is 4.79 Å². The summed E-state index contributed by atoms with van der Waals surface area (Å²) in [6.07, 6.45) is 1.68. The first-order valence-electron chi connectivity index (χ1n) is 7.73. The van der Waals surface area contributed by atoms with Crippen LogP contribution in [0, 0.1) is 0 Å². The van der Waals surface area contributed by atoms with Crippen molar-refractivity contribution in [1.82, 2.24) is 4.90 Å². The molecule has 1 heterocycles. The second-order valence-electron chi connectivity index (χ2n) is 5.51. The van der Waals surface area contributed by atoms with Gasteiger partial charge in [-0.3, -0.25) is 14.5 Å². The summed E-state index contributed by atoms with van der Waals surface area (Å²) in [5.41, 5.74) is 1.59. The Kier molecular flexibility index (Phi) is 5.54. The van der Waals surface area contributed by atoms with Crippen LogP contribution in [0.3, 0.4) is 0 Å². The molecule has 0 saturated carbocycles. The molecular weight excluding hydrogens is 374 g/mol. The van der Waals surface area contributed by atoms with E-state index >= 15 is 0 Å². The molecule has 2 aromatic carbocycles. The molecule has 5 nitrogen and oxygen atoms in total. The van der Waals surface area contributed by atoms with E-state index in [1.165, 1.54) is 4.90 Å². The van der Waals surface area contributed by atoms with Crippen LogP contribution >= 0.6 is 23.4 Å². The highest BCUT2D eigenvalue weighted by Crippen LogP contribution is 2.35. The quantitative estimate of drug-likeness (QED) is 0.700. The van der Waals surface area contributed by atoms with Crippen LogP contribution < -0.4 is 9.47 Å². The molecule has 1 aliphatic heterocycles. The molecule has 2 amide bonds. The summed E-state index contributed by atoms with van der Waals surface area (Å²) in [5.74, 6) is 0.840. The monoisotopic (exact) mass is 389 g/mol. The lowest BCUT2D eigenvalue weighted by Crippen LogP contribution is -2.27. The van der Waals surface area contributed by atoms with Crippen molar-refractivity contribution in [3.05, 3.63) is 63.5 Å². The Morgan fingerprint density at radius 2 is 1.73 bits per heavy atom. The number of halogens is 1. The second-order valence-corrected chi connectivity index (χ2v) is 6.94. The predicted octanol–water partition coefficient (Wildman–Crippen LogP) is 4.59. The standard InChI is InChI=1S/C19H16ClNO4S/c1-24-15-8-5-13(9-16(15)25-2)10-17-18(22)21(19(23)26-17)11-12-3-6-14(20)7-4-12/h3-10H,11H2,1-2H3. The third-order valence-electron chi connectivity index (χ3n) is 3.83. The van der Waals surface area contributed by atoms with Crippen LogP contribution in [0.25, 0.3) is 6.08 Å². The number of hydrogen-bond acceptors (Lipinski definition) is 5. The van der Waals surface area contributed by atoms with Crippen molar-refractivity contribution in [3.63, 3.8) is 0 Å². The molecule has 3 rings (SSSR count). The molecule has 0 N–H and O–H groups in total. The average molecular weight is 390 g/mol. The highest BCUT2D eigenvalue weighted by molar-refractivity contribution is 8.18. The van der Waals surface area contributed by atoms with Gasteiger partial charge in [0.15, 0.2) is 11.5 Å². The van der Waals surface area contributed by atoms with Gasteiger partial charge in [0.1, 0.15) is 0 Å². The summed E-state index contributed by atoms with van der Waals surface area (Å²) in [5, 5.41) is 0.313. The molecule has 1 aliphatic rings. The van der Waals surface area contributed by atoms with E-state index in [4.69, 9.17) is 21.1 Å². The van der Waals surface area contributed by atoms with Crippen LogP contribution in [0.1, 0.15) is 11.1 Å². The van der Waals surface area contributed by atoms with Crippen LogP contribution in [-0.4, -0.2) is 30.3 Å². The maximum Gasteiger partial charge on any atom is 0.293 e. The van der Waals surface area contributed by atoms with E-state index in [0.29, 0.717) is 21.4 Å². The highest BCUT2D eigenvalue weighted by atomic mass is 35.5. The fourth-order valence-electron chi connectivity index (χ4n) is 2.50. The molecule has 0 radical (unpaired) electrons. The van der Waals surface area contributed by atoms with Crippen molar-refractivity contribution >= 4 is 40.6 Å². The maximum absolute atomic E-state index is 12.6. The lowest BCUT2D eigenvalue weighted by atomic mass is 10.1.